The molecular formula is C11H10ClNO. The van der Waals surface area contributed by atoms with Crippen molar-refractivity contribution in [2.75, 3.05) is 6.61 Å². The van der Waals surface area contributed by atoms with Crippen molar-refractivity contribution in [3.63, 3.8) is 0 Å². The van der Waals surface area contributed by atoms with E-state index in [9.17, 15) is 0 Å². The van der Waals surface area contributed by atoms with E-state index in [1.807, 2.05) is 31.2 Å². The van der Waals surface area contributed by atoms with E-state index in [2.05, 4.69) is 4.98 Å². The lowest BCUT2D eigenvalue weighted by Crippen LogP contribution is -1.91. The quantitative estimate of drug-likeness (QED) is 0.705. The SMILES string of the molecule is CCOc1ccc2nc(Cl)ccc2c1. The van der Waals surface area contributed by atoms with E-state index in [-0.39, 0.29) is 0 Å². The van der Waals surface area contributed by atoms with Gasteiger partial charge in [-0.3, -0.25) is 0 Å². The van der Waals surface area contributed by atoms with Crippen molar-refractivity contribution in [1.29, 1.82) is 0 Å². The van der Waals surface area contributed by atoms with Crippen LogP contribution in [0.4, 0.5) is 0 Å². The molecule has 0 spiro atoms. The first kappa shape index (κ1) is 9.28. The first-order chi connectivity index (χ1) is 6.79. The van der Waals surface area contributed by atoms with Crippen LogP contribution in [0.1, 0.15) is 6.92 Å². The fourth-order valence-corrected chi connectivity index (χ4v) is 1.49. The minimum absolute atomic E-state index is 0.515. The number of benzene rings is 1. The van der Waals surface area contributed by atoms with Crippen LogP contribution in [0, 0.1) is 0 Å². The van der Waals surface area contributed by atoms with Crippen LogP contribution in [0.2, 0.25) is 5.15 Å². The van der Waals surface area contributed by atoms with Crippen molar-refractivity contribution in [3.05, 3.63) is 35.5 Å². The summed E-state index contributed by atoms with van der Waals surface area (Å²) in [6.45, 7) is 2.64. The maximum absolute atomic E-state index is 5.78. The van der Waals surface area contributed by atoms with Crippen LogP contribution in [-0.4, -0.2) is 11.6 Å². The molecule has 0 atom stereocenters. The molecule has 0 aliphatic rings. The maximum atomic E-state index is 5.78. The molecule has 1 aromatic carbocycles. The van der Waals surface area contributed by atoms with Crippen molar-refractivity contribution < 1.29 is 4.74 Å². The molecule has 0 bridgehead atoms. The largest absolute Gasteiger partial charge is 0.494 e. The molecule has 1 aromatic heterocycles. The van der Waals surface area contributed by atoms with Gasteiger partial charge in [-0.25, -0.2) is 4.98 Å². The van der Waals surface area contributed by atoms with Crippen LogP contribution in [0.15, 0.2) is 30.3 Å². The van der Waals surface area contributed by atoms with Gasteiger partial charge in [-0.2, -0.15) is 0 Å². The minimum atomic E-state index is 0.515. The van der Waals surface area contributed by atoms with Gasteiger partial charge >= 0.3 is 0 Å². The van der Waals surface area contributed by atoms with E-state index in [0.717, 1.165) is 16.7 Å². The van der Waals surface area contributed by atoms with E-state index < -0.39 is 0 Å². The van der Waals surface area contributed by atoms with Crippen molar-refractivity contribution in [2.45, 2.75) is 6.92 Å². The standard InChI is InChI=1S/C11H10ClNO/c1-2-14-9-4-5-10-8(7-9)3-6-11(12)13-10/h3-7H,2H2,1H3. The third kappa shape index (κ3) is 1.80. The second-order valence-corrected chi connectivity index (χ2v) is 3.31. The molecule has 14 heavy (non-hydrogen) atoms. The number of fused-ring (bicyclic) bond motifs is 1. The van der Waals surface area contributed by atoms with Gasteiger partial charge in [0.05, 0.1) is 12.1 Å². The van der Waals surface area contributed by atoms with Gasteiger partial charge in [0.1, 0.15) is 10.9 Å². The number of aromatic nitrogens is 1. The molecule has 0 radical (unpaired) electrons. The fourth-order valence-electron chi connectivity index (χ4n) is 1.34. The zero-order valence-electron chi connectivity index (χ0n) is 7.83. The summed E-state index contributed by atoms with van der Waals surface area (Å²) in [7, 11) is 0. The maximum Gasteiger partial charge on any atom is 0.129 e. The lowest BCUT2D eigenvalue weighted by Gasteiger charge is -2.03. The number of pyridine rings is 1. The lowest BCUT2D eigenvalue weighted by atomic mass is 10.2. The molecule has 0 fully saturated rings. The van der Waals surface area contributed by atoms with E-state index in [4.69, 9.17) is 16.3 Å². The molecule has 2 nitrogen and oxygen atoms in total. The summed E-state index contributed by atoms with van der Waals surface area (Å²) in [6, 6.07) is 9.48. The summed E-state index contributed by atoms with van der Waals surface area (Å²) in [5.41, 5.74) is 0.890. The highest BCUT2D eigenvalue weighted by Gasteiger charge is 1.98. The van der Waals surface area contributed by atoms with Crippen LogP contribution >= 0.6 is 11.6 Å². The molecule has 0 unspecified atom stereocenters. The van der Waals surface area contributed by atoms with Crippen molar-refractivity contribution in [1.82, 2.24) is 4.98 Å². The molecule has 0 N–H and O–H groups in total. The highest BCUT2D eigenvalue weighted by atomic mass is 35.5. The zero-order valence-corrected chi connectivity index (χ0v) is 8.58. The molecule has 3 heteroatoms. The fraction of sp³-hybridized carbons (Fsp3) is 0.182. The number of halogens is 1. The predicted octanol–water partition coefficient (Wildman–Crippen LogP) is 3.29. The Balaban J connectivity index is 2.50. The summed E-state index contributed by atoms with van der Waals surface area (Å²) in [4.78, 5) is 4.19. The topological polar surface area (TPSA) is 22.1 Å². The smallest absolute Gasteiger partial charge is 0.129 e. The normalized spacial score (nSPS) is 10.4. The Morgan fingerprint density at radius 3 is 2.93 bits per heavy atom. The Labute approximate surface area is 87.5 Å². The molecular weight excluding hydrogens is 198 g/mol. The molecule has 2 aromatic rings. The van der Waals surface area contributed by atoms with E-state index in [1.54, 1.807) is 6.07 Å². The zero-order chi connectivity index (χ0) is 9.97. The Hall–Kier alpha value is -1.28. The summed E-state index contributed by atoms with van der Waals surface area (Å²) in [6.07, 6.45) is 0. The van der Waals surface area contributed by atoms with Crippen LogP contribution in [0.25, 0.3) is 10.9 Å². The van der Waals surface area contributed by atoms with Gasteiger partial charge in [0.2, 0.25) is 0 Å². The first-order valence-electron chi connectivity index (χ1n) is 4.48. The summed E-state index contributed by atoms with van der Waals surface area (Å²) >= 11 is 5.78. The number of hydrogen-bond acceptors (Lipinski definition) is 2. The molecule has 0 aliphatic heterocycles. The highest BCUT2D eigenvalue weighted by molar-refractivity contribution is 6.29. The number of ether oxygens (including phenoxy) is 1. The van der Waals surface area contributed by atoms with Crippen molar-refractivity contribution >= 4 is 22.5 Å². The van der Waals surface area contributed by atoms with Crippen LogP contribution in [0.3, 0.4) is 0 Å². The summed E-state index contributed by atoms with van der Waals surface area (Å²) in [5, 5.41) is 1.56. The third-order valence-corrected chi connectivity index (χ3v) is 2.15. The summed E-state index contributed by atoms with van der Waals surface area (Å²) < 4.78 is 5.38. The molecule has 0 saturated heterocycles. The van der Waals surface area contributed by atoms with Crippen molar-refractivity contribution in [2.24, 2.45) is 0 Å². The third-order valence-electron chi connectivity index (χ3n) is 1.94. The van der Waals surface area contributed by atoms with Gasteiger partial charge < -0.3 is 4.74 Å². The van der Waals surface area contributed by atoms with Crippen LogP contribution < -0.4 is 4.74 Å². The number of hydrogen-bond donors (Lipinski definition) is 0. The second kappa shape index (κ2) is 3.84. The van der Waals surface area contributed by atoms with Gasteiger partial charge in [0.15, 0.2) is 0 Å². The van der Waals surface area contributed by atoms with E-state index >= 15 is 0 Å². The monoisotopic (exact) mass is 207 g/mol. The Morgan fingerprint density at radius 2 is 2.14 bits per heavy atom. The summed E-state index contributed by atoms with van der Waals surface area (Å²) in [5.74, 6) is 0.865. The molecule has 2 rings (SSSR count). The molecule has 0 amide bonds. The Bertz CT molecular complexity index is 456. The van der Waals surface area contributed by atoms with E-state index in [0.29, 0.717) is 11.8 Å². The van der Waals surface area contributed by atoms with Gasteiger partial charge in [-0.05, 0) is 37.3 Å². The molecule has 0 saturated carbocycles. The van der Waals surface area contributed by atoms with Crippen LogP contribution in [-0.2, 0) is 0 Å². The highest BCUT2D eigenvalue weighted by Crippen LogP contribution is 2.20. The second-order valence-electron chi connectivity index (χ2n) is 2.92. The number of nitrogens with zero attached hydrogens (tertiary/aromatic N) is 1. The molecule has 1 heterocycles. The van der Waals surface area contributed by atoms with Gasteiger partial charge in [0, 0.05) is 5.39 Å². The Kier molecular flexibility index (Phi) is 2.55. The van der Waals surface area contributed by atoms with Gasteiger partial charge in [0.25, 0.3) is 0 Å². The number of rotatable bonds is 2. The minimum Gasteiger partial charge on any atom is -0.494 e. The lowest BCUT2D eigenvalue weighted by molar-refractivity contribution is 0.340. The molecule has 72 valence electrons. The first-order valence-corrected chi connectivity index (χ1v) is 4.86. The Morgan fingerprint density at radius 1 is 1.29 bits per heavy atom. The van der Waals surface area contributed by atoms with Crippen molar-refractivity contribution in [3.8, 4) is 5.75 Å². The van der Waals surface area contributed by atoms with Gasteiger partial charge in [-0.15, -0.1) is 0 Å². The molecule has 0 aliphatic carbocycles. The van der Waals surface area contributed by atoms with Crippen LogP contribution in [0.5, 0.6) is 5.75 Å². The van der Waals surface area contributed by atoms with E-state index in [1.165, 1.54) is 0 Å². The predicted molar refractivity (Wildman–Crippen MR) is 57.9 cm³/mol. The average molecular weight is 208 g/mol. The van der Waals surface area contributed by atoms with Gasteiger partial charge in [-0.1, -0.05) is 11.6 Å². The average Bonchev–Trinajstić information content (AvgIpc) is 2.19.